The number of halogens is 2. The number of benzene rings is 3. The van der Waals surface area contributed by atoms with Crippen LogP contribution in [0.15, 0.2) is 82.3 Å². The van der Waals surface area contributed by atoms with Crippen LogP contribution in [0.2, 0.25) is 5.02 Å². The number of hydrogen-bond acceptors (Lipinski definition) is 4. The molecule has 1 saturated heterocycles. The summed E-state index contributed by atoms with van der Waals surface area (Å²) in [7, 11) is 0. The number of imide groups is 1. The van der Waals surface area contributed by atoms with Gasteiger partial charge in [-0.3, -0.25) is 14.5 Å². The van der Waals surface area contributed by atoms with E-state index in [9.17, 15) is 9.59 Å². The van der Waals surface area contributed by atoms with Crippen LogP contribution < -0.4 is 4.74 Å². The Bertz CT molecular complexity index is 1500. The van der Waals surface area contributed by atoms with Crippen LogP contribution in [0.1, 0.15) is 16.7 Å². The molecule has 2 heterocycles. The second kappa shape index (κ2) is 10.5. The molecule has 4 aromatic rings. The molecule has 5 rings (SSSR count). The standard InChI is InChI=1S/C28H22BrClN2O3S/c1-18-6-9-22(10-7-18)35-13-12-31-16-20(23-15-21(29)8-11-25(23)31)14-26-27(33)32(28(34)36-26)17-19-4-2-3-5-24(19)30/h2-11,14-16H,12-13,17H2,1H3/b26-14-. The van der Waals surface area contributed by atoms with E-state index in [1.165, 1.54) is 10.5 Å². The fourth-order valence-corrected chi connectivity index (χ4v) is 5.45. The highest BCUT2D eigenvalue weighted by Gasteiger charge is 2.35. The lowest BCUT2D eigenvalue weighted by Crippen LogP contribution is -2.27. The largest absolute Gasteiger partial charge is 0.492 e. The van der Waals surface area contributed by atoms with Crippen molar-refractivity contribution in [2.75, 3.05) is 6.61 Å². The maximum absolute atomic E-state index is 13.1. The van der Waals surface area contributed by atoms with Gasteiger partial charge in [-0.15, -0.1) is 0 Å². The van der Waals surface area contributed by atoms with Gasteiger partial charge < -0.3 is 9.30 Å². The Morgan fingerprint density at radius 2 is 1.83 bits per heavy atom. The zero-order valence-electron chi connectivity index (χ0n) is 19.4. The molecule has 0 saturated carbocycles. The van der Waals surface area contributed by atoms with Gasteiger partial charge >= 0.3 is 0 Å². The molecule has 8 heteroatoms. The lowest BCUT2D eigenvalue weighted by molar-refractivity contribution is -0.123. The van der Waals surface area contributed by atoms with Gasteiger partial charge in [-0.25, -0.2) is 0 Å². The summed E-state index contributed by atoms with van der Waals surface area (Å²) in [6, 6.07) is 21.2. The molecule has 5 nitrogen and oxygen atoms in total. The first kappa shape index (κ1) is 24.7. The Morgan fingerprint density at radius 3 is 2.61 bits per heavy atom. The predicted octanol–water partition coefficient (Wildman–Crippen LogP) is 7.68. The van der Waals surface area contributed by atoms with Crippen LogP contribution >= 0.6 is 39.3 Å². The summed E-state index contributed by atoms with van der Waals surface area (Å²) in [5.74, 6) is 0.510. The van der Waals surface area contributed by atoms with Gasteiger partial charge in [0.2, 0.25) is 0 Å². The van der Waals surface area contributed by atoms with Crippen LogP contribution in [0.3, 0.4) is 0 Å². The van der Waals surface area contributed by atoms with E-state index in [1.807, 2.05) is 73.8 Å². The van der Waals surface area contributed by atoms with Crippen LogP contribution in [0.4, 0.5) is 4.79 Å². The molecule has 1 aromatic heterocycles. The number of fused-ring (bicyclic) bond motifs is 1. The van der Waals surface area contributed by atoms with Crippen molar-refractivity contribution in [2.45, 2.75) is 20.0 Å². The minimum Gasteiger partial charge on any atom is -0.492 e. The molecular formula is C28H22BrClN2O3S. The third-order valence-electron chi connectivity index (χ3n) is 5.94. The highest BCUT2D eigenvalue weighted by molar-refractivity contribution is 9.10. The van der Waals surface area contributed by atoms with Gasteiger partial charge in [-0.05, 0) is 66.7 Å². The van der Waals surface area contributed by atoms with Gasteiger partial charge in [0.05, 0.1) is 18.0 Å². The van der Waals surface area contributed by atoms with Crippen LogP contribution in [0, 0.1) is 6.92 Å². The molecule has 1 aliphatic rings. The number of nitrogens with zero attached hydrogens (tertiary/aromatic N) is 2. The van der Waals surface area contributed by atoms with Crippen molar-refractivity contribution in [2.24, 2.45) is 0 Å². The second-order valence-corrected chi connectivity index (χ2v) is 10.8. The second-order valence-electron chi connectivity index (χ2n) is 8.46. The van der Waals surface area contributed by atoms with Gasteiger partial charge in [-0.1, -0.05) is 63.4 Å². The highest BCUT2D eigenvalue weighted by Crippen LogP contribution is 2.36. The zero-order chi connectivity index (χ0) is 25.2. The van der Waals surface area contributed by atoms with Crippen molar-refractivity contribution in [3.8, 4) is 5.75 Å². The SMILES string of the molecule is Cc1ccc(OCCn2cc(/C=C3\SC(=O)N(Cc4ccccc4Cl)C3=O)c3cc(Br)ccc32)cc1. The number of carbonyl (C=O) groups excluding carboxylic acids is 2. The zero-order valence-corrected chi connectivity index (χ0v) is 22.6. The Labute approximate surface area is 226 Å². The molecule has 0 radical (unpaired) electrons. The van der Waals surface area contributed by atoms with Crippen molar-refractivity contribution < 1.29 is 14.3 Å². The lowest BCUT2D eigenvalue weighted by Gasteiger charge is -2.13. The monoisotopic (exact) mass is 580 g/mol. The summed E-state index contributed by atoms with van der Waals surface area (Å²) in [5, 5.41) is 1.21. The quantitative estimate of drug-likeness (QED) is 0.210. The van der Waals surface area contributed by atoms with E-state index < -0.39 is 0 Å². The van der Waals surface area contributed by atoms with Crippen LogP contribution in [0.5, 0.6) is 5.75 Å². The molecule has 0 unspecified atom stereocenters. The summed E-state index contributed by atoms with van der Waals surface area (Å²) in [4.78, 5) is 27.4. The molecule has 36 heavy (non-hydrogen) atoms. The van der Waals surface area contributed by atoms with E-state index in [0.717, 1.165) is 44.0 Å². The predicted molar refractivity (Wildman–Crippen MR) is 149 cm³/mol. The maximum atomic E-state index is 13.1. The molecule has 0 aliphatic carbocycles. The van der Waals surface area contributed by atoms with Gasteiger partial charge in [0.25, 0.3) is 11.1 Å². The average molecular weight is 582 g/mol. The first-order chi connectivity index (χ1) is 17.4. The summed E-state index contributed by atoms with van der Waals surface area (Å²) < 4.78 is 8.97. The maximum Gasteiger partial charge on any atom is 0.293 e. The number of ether oxygens (including phenoxy) is 1. The third kappa shape index (κ3) is 5.24. The molecule has 1 fully saturated rings. The number of aryl methyl sites for hydroxylation is 1. The minimum atomic E-state index is -0.316. The minimum absolute atomic E-state index is 0.144. The third-order valence-corrected chi connectivity index (χ3v) is 7.71. The first-order valence-corrected chi connectivity index (χ1v) is 13.3. The molecule has 0 bridgehead atoms. The number of carbonyl (C=O) groups is 2. The Kier molecular flexibility index (Phi) is 7.23. The molecule has 2 amide bonds. The van der Waals surface area contributed by atoms with Gasteiger partial charge in [0.15, 0.2) is 0 Å². The van der Waals surface area contributed by atoms with Gasteiger partial charge in [-0.2, -0.15) is 0 Å². The molecule has 0 N–H and O–H groups in total. The van der Waals surface area contributed by atoms with Gasteiger partial charge in [0, 0.05) is 32.2 Å². The van der Waals surface area contributed by atoms with E-state index in [1.54, 1.807) is 12.1 Å². The number of amides is 2. The normalized spacial score (nSPS) is 14.9. The Hall–Kier alpha value is -3.00. The number of hydrogen-bond donors (Lipinski definition) is 0. The van der Waals surface area contributed by atoms with E-state index in [0.29, 0.717) is 23.1 Å². The summed E-state index contributed by atoms with van der Waals surface area (Å²) in [5.41, 5.74) is 3.80. The fraction of sp³-hybridized carbons (Fsp3) is 0.143. The first-order valence-electron chi connectivity index (χ1n) is 11.4. The molecule has 0 atom stereocenters. The number of thioether (sulfide) groups is 1. The van der Waals surface area contributed by atoms with Crippen molar-refractivity contribution in [3.05, 3.63) is 104 Å². The Balaban J connectivity index is 1.39. The van der Waals surface area contributed by atoms with E-state index in [4.69, 9.17) is 16.3 Å². The van der Waals surface area contributed by atoms with Crippen molar-refractivity contribution >= 4 is 67.4 Å². The van der Waals surface area contributed by atoms with Gasteiger partial charge in [0.1, 0.15) is 12.4 Å². The van der Waals surface area contributed by atoms with E-state index in [2.05, 4.69) is 20.5 Å². The summed E-state index contributed by atoms with van der Waals surface area (Å²) in [6.07, 6.45) is 3.79. The van der Waals surface area contributed by atoms with Crippen LogP contribution in [-0.2, 0) is 17.9 Å². The van der Waals surface area contributed by atoms with Crippen molar-refractivity contribution in [3.63, 3.8) is 0 Å². The van der Waals surface area contributed by atoms with Crippen LogP contribution in [-0.4, -0.2) is 27.2 Å². The fourth-order valence-electron chi connectivity index (χ4n) is 4.07. The van der Waals surface area contributed by atoms with Crippen LogP contribution in [0.25, 0.3) is 17.0 Å². The Morgan fingerprint density at radius 1 is 1.06 bits per heavy atom. The van der Waals surface area contributed by atoms with E-state index in [-0.39, 0.29) is 17.7 Å². The average Bonchev–Trinajstić information content (AvgIpc) is 3.33. The highest BCUT2D eigenvalue weighted by atomic mass is 79.9. The molecule has 3 aromatic carbocycles. The lowest BCUT2D eigenvalue weighted by atomic mass is 10.1. The topological polar surface area (TPSA) is 51.5 Å². The summed E-state index contributed by atoms with van der Waals surface area (Å²) >= 11 is 10.7. The van der Waals surface area contributed by atoms with E-state index >= 15 is 0 Å². The number of aromatic nitrogens is 1. The molecule has 182 valence electrons. The molecule has 1 aliphatic heterocycles. The van der Waals surface area contributed by atoms with Crippen molar-refractivity contribution in [1.29, 1.82) is 0 Å². The van der Waals surface area contributed by atoms with Crippen molar-refractivity contribution in [1.82, 2.24) is 9.47 Å². The molecule has 0 spiro atoms. The summed E-state index contributed by atoms with van der Waals surface area (Å²) in [6.45, 7) is 3.32. The number of rotatable bonds is 7. The smallest absolute Gasteiger partial charge is 0.293 e. The molecular weight excluding hydrogens is 560 g/mol.